The monoisotopic (exact) mass is 318 g/mol. The van der Waals surface area contributed by atoms with E-state index in [0.717, 1.165) is 18.2 Å². The van der Waals surface area contributed by atoms with Crippen LogP contribution in [0.1, 0.15) is 42.9 Å². The van der Waals surface area contributed by atoms with Gasteiger partial charge in [0.05, 0.1) is 0 Å². The summed E-state index contributed by atoms with van der Waals surface area (Å²) in [5.74, 6) is 0.327. The number of hydrogen-bond acceptors (Lipinski definition) is 4. The number of hydrogen-bond donors (Lipinski definition) is 1. The van der Waals surface area contributed by atoms with Crippen LogP contribution in [0.3, 0.4) is 0 Å². The molecule has 1 N–H and O–H groups in total. The molecular formula is C12H19BrN2O3. The Hall–Kier alpha value is -0.880. The van der Waals surface area contributed by atoms with Gasteiger partial charge in [-0.25, -0.2) is 0 Å². The van der Waals surface area contributed by atoms with Gasteiger partial charge in [0.15, 0.2) is 11.5 Å². The Morgan fingerprint density at radius 1 is 1.67 bits per heavy atom. The molecule has 1 aromatic rings. The number of halogens is 1. The van der Waals surface area contributed by atoms with Gasteiger partial charge in [-0.15, -0.1) is 0 Å². The molecule has 6 heteroatoms. The highest BCUT2D eigenvalue weighted by atomic mass is 79.9. The van der Waals surface area contributed by atoms with E-state index in [1.165, 1.54) is 0 Å². The summed E-state index contributed by atoms with van der Waals surface area (Å²) in [6.45, 7) is 4.37. The fourth-order valence-corrected chi connectivity index (χ4v) is 2.38. The van der Waals surface area contributed by atoms with Crippen LogP contribution in [0, 0.1) is 0 Å². The van der Waals surface area contributed by atoms with Crippen molar-refractivity contribution in [1.82, 2.24) is 10.5 Å². The van der Waals surface area contributed by atoms with Gasteiger partial charge in [0.25, 0.3) is 5.91 Å². The molecule has 1 aromatic heterocycles. The van der Waals surface area contributed by atoms with Crippen molar-refractivity contribution < 1.29 is 14.1 Å². The molecule has 0 aromatic carbocycles. The van der Waals surface area contributed by atoms with Crippen molar-refractivity contribution >= 4 is 21.8 Å². The Morgan fingerprint density at radius 3 is 2.94 bits per heavy atom. The Bertz CT molecular complexity index is 394. The van der Waals surface area contributed by atoms with E-state index in [4.69, 9.17) is 9.26 Å². The van der Waals surface area contributed by atoms with Crippen molar-refractivity contribution in [1.29, 1.82) is 0 Å². The summed E-state index contributed by atoms with van der Waals surface area (Å²) in [4.78, 5) is 12.0. The summed E-state index contributed by atoms with van der Waals surface area (Å²) in [6, 6.07) is 1.60. The molecule has 1 rings (SSSR count). The summed E-state index contributed by atoms with van der Waals surface area (Å²) in [5.41, 5.74) is 0.0531. The molecule has 0 radical (unpaired) electrons. The number of carbonyl (C=O) groups is 1. The van der Waals surface area contributed by atoms with Gasteiger partial charge in [0.1, 0.15) is 6.61 Å². The van der Waals surface area contributed by atoms with Crippen molar-refractivity contribution in [3.63, 3.8) is 0 Å². The summed E-state index contributed by atoms with van der Waals surface area (Å²) >= 11 is 3.39. The minimum absolute atomic E-state index is 0.216. The standard InChI is InChI=1S/C12H19BrN2O3/c1-4-12(2,5-6-13)14-11(16)10-7-9(8-17-3)18-15-10/h7H,4-6,8H2,1-3H3,(H,14,16). The SMILES string of the molecule is CCC(C)(CCBr)NC(=O)c1cc(COC)on1. The number of alkyl halides is 1. The van der Waals surface area contributed by atoms with Crippen LogP contribution < -0.4 is 5.32 Å². The van der Waals surface area contributed by atoms with Crippen LogP contribution in [0.15, 0.2) is 10.6 Å². The molecule has 0 aliphatic rings. The number of nitrogens with zero attached hydrogens (tertiary/aromatic N) is 1. The van der Waals surface area contributed by atoms with Crippen molar-refractivity contribution in [2.24, 2.45) is 0 Å². The van der Waals surface area contributed by atoms with E-state index < -0.39 is 0 Å². The predicted octanol–water partition coefficient (Wildman–Crippen LogP) is 2.50. The van der Waals surface area contributed by atoms with E-state index in [1.54, 1.807) is 13.2 Å². The minimum Gasteiger partial charge on any atom is -0.377 e. The maximum absolute atomic E-state index is 12.0. The molecule has 102 valence electrons. The number of methoxy groups -OCH3 is 1. The van der Waals surface area contributed by atoms with Crippen molar-refractivity contribution in [2.75, 3.05) is 12.4 Å². The van der Waals surface area contributed by atoms with Crippen LogP contribution in [0.4, 0.5) is 0 Å². The molecule has 0 fully saturated rings. The van der Waals surface area contributed by atoms with E-state index in [9.17, 15) is 4.79 Å². The normalized spacial score (nSPS) is 14.2. The molecule has 18 heavy (non-hydrogen) atoms. The second kappa shape index (κ2) is 6.89. The maximum atomic E-state index is 12.0. The molecule has 1 unspecified atom stereocenters. The summed E-state index contributed by atoms with van der Waals surface area (Å²) in [5, 5.41) is 7.56. The Morgan fingerprint density at radius 2 is 2.39 bits per heavy atom. The van der Waals surface area contributed by atoms with Gasteiger partial charge >= 0.3 is 0 Å². The molecule has 0 saturated carbocycles. The Balaban J connectivity index is 2.68. The van der Waals surface area contributed by atoms with Crippen LogP contribution in [0.25, 0.3) is 0 Å². The van der Waals surface area contributed by atoms with Gasteiger partial charge in [-0.1, -0.05) is 28.0 Å². The second-order valence-electron chi connectivity index (χ2n) is 4.42. The third-order valence-electron chi connectivity index (χ3n) is 2.92. The van der Waals surface area contributed by atoms with E-state index in [1.807, 2.05) is 13.8 Å². The predicted molar refractivity (Wildman–Crippen MR) is 71.8 cm³/mol. The zero-order chi connectivity index (χ0) is 13.6. The first-order valence-electron chi connectivity index (χ1n) is 5.87. The molecule has 0 aliphatic carbocycles. The lowest BCUT2D eigenvalue weighted by molar-refractivity contribution is 0.0891. The van der Waals surface area contributed by atoms with Gasteiger partial charge in [-0.05, 0) is 19.8 Å². The average molecular weight is 319 g/mol. The van der Waals surface area contributed by atoms with E-state index in [-0.39, 0.29) is 17.1 Å². The van der Waals surface area contributed by atoms with E-state index in [2.05, 4.69) is 26.4 Å². The van der Waals surface area contributed by atoms with Crippen LogP contribution in [0.2, 0.25) is 0 Å². The number of carbonyl (C=O) groups excluding carboxylic acids is 1. The first-order valence-corrected chi connectivity index (χ1v) is 7.00. The quantitative estimate of drug-likeness (QED) is 0.784. The van der Waals surface area contributed by atoms with E-state index in [0.29, 0.717) is 12.4 Å². The highest BCUT2D eigenvalue weighted by Gasteiger charge is 2.25. The molecule has 1 amide bonds. The minimum atomic E-state index is -0.235. The third-order valence-corrected chi connectivity index (χ3v) is 3.32. The van der Waals surface area contributed by atoms with Gasteiger partial charge < -0.3 is 14.6 Å². The third kappa shape index (κ3) is 4.10. The highest BCUT2D eigenvalue weighted by Crippen LogP contribution is 2.17. The van der Waals surface area contributed by atoms with Crippen LogP contribution in [0.5, 0.6) is 0 Å². The van der Waals surface area contributed by atoms with Gasteiger partial charge in [0.2, 0.25) is 0 Å². The summed E-state index contributed by atoms with van der Waals surface area (Å²) < 4.78 is 9.90. The largest absolute Gasteiger partial charge is 0.377 e. The lowest BCUT2D eigenvalue weighted by Crippen LogP contribution is -2.45. The second-order valence-corrected chi connectivity index (χ2v) is 5.21. The lowest BCUT2D eigenvalue weighted by Gasteiger charge is -2.28. The first kappa shape index (κ1) is 15.2. The smallest absolute Gasteiger partial charge is 0.273 e. The van der Waals surface area contributed by atoms with Crippen molar-refractivity contribution in [2.45, 2.75) is 38.8 Å². The van der Waals surface area contributed by atoms with Crippen molar-refractivity contribution in [3.05, 3.63) is 17.5 Å². The molecule has 5 nitrogen and oxygen atoms in total. The van der Waals surface area contributed by atoms with Gasteiger partial charge in [-0.3, -0.25) is 4.79 Å². The maximum Gasteiger partial charge on any atom is 0.273 e. The molecule has 1 atom stereocenters. The Kier molecular flexibility index (Phi) is 5.81. The van der Waals surface area contributed by atoms with Crippen LogP contribution >= 0.6 is 15.9 Å². The molecule has 0 saturated heterocycles. The summed E-state index contributed by atoms with van der Waals surface area (Å²) in [7, 11) is 1.56. The number of ether oxygens (including phenoxy) is 1. The highest BCUT2D eigenvalue weighted by molar-refractivity contribution is 9.09. The summed E-state index contributed by atoms with van der Waals surface area (Å²) in [6.07, 6.45) is 1.71. The molecule has 0 spiro atoms. The van der Waals surface area contributed by atoms with Crippen LogP contribution in [-0.2, 0) is 11.3 Å². The molecule has 0 aliphatic heterocycles. The number of aromatic nitrogens is 1. The zero-order valence-electron chi connectivity index (χ0n) is 11.0. The van der Waals surface area contributed by atoms with Gasteiger partial charge in [0, 0.05) is 24.0 Å². The lowest BCUT2D eigenvalue weighted by atomic mass is 9.95. The first-order chi connectivity index (χ1) is 8.54. The molecular weight excluding hydrogens is 300 g/mol. The zero-order valence-corrected chi connectivity index (χ0v) is 12.5. The fraction of sp³-hybridized carbons (Fsp3) is 0.667. The molecule has 1 heterocycles. The topological polar surface area (TPSA) is 64.4 Å². The van der Waals surface area contributed by atoms with Crippen molar-refractivity contribution in [3.8, 4) is 0 Å². The van der Waals surface area contributed by atoms with E-state index >= 15 is 0 Å². The average Bonchev–Trinajstić information content (AvgIpc) is 2.78. The number of amides is 1. The van der Waals surface area contributed by atoms with Crippen LogP contribution in [-0.4, -0.2) is 29.0 Å². The van der Waals surface area contributed by atoms with Gasteiger partial charge in [-0.2, -0.15) is 0 Å². The number of nitrogens with one attached hydrogen (secondary N) is 1. The molecule has 0 bridgehead atoms. The number of rotatable bonds is 7. The Labute approximate surface area is 115 Å². The fourth-order valence-electron chi connectivity index (χ4n) is 1.50.